The molecule has 0 aromatic heterocycles. The number of benzene rings is 4. The number of fused-ring (bicyclic) bond motifs is 1. The van der Waals surface area contributed by atoms with Crippen LogP contribution in [0.4, 0.5) is 11.4 Å². The molecule has 1 heterocycles. The van der Waals surface area contributed by atoms with Crippen molar-refractivity contribution in [3.63, 3.8) is 0 Å². The zero-order valence-corrected chi connectivity index (χ0v) is 19.7. The van der Waals surface area contributed by atoms with Crippen molar-refractivity contribution in [3.8, 4) is 0 Å². The van der Waals surface area contributed by atoms with Gasteiger partial charge in [0, 0.05) is 60.4 Å². The number of carbonyl (C=O) groups is 1. The van der Waals surface area contributed by atoms with Crippen LogP contribution in [0.25, 0.3) is 10.8 Å². The van der Waals surface area contributed by atoms with Gasteiger partial charge in [-0.05, 0) is 41.6 Å². The predicted molar refractivity (Wildman–Crippen MR) is 141 cm³/mol. The number of piperazine rings is 1. The van der Waals surface area contributed by atoms with Crippen LogP contribution in [0, 0.1) is 0 Å². The first-order chi connectivity index (χ1) is 16.3. The summed E-state index contributed by atoms with van der Waals surface area (Å²) >= 11 is 1.89. The Morgan fingerprint density at radius 1 is 0.727 bits per heavy atom. The maximum atomic E-state index is 10.0. The molecule has 1 aliphatic rings. The Morgan fingerprint density at radius 2 is 1.33 bits per heavy atom. The van der Waals surface area contributed by atoms with Gasteiger partial charge in [-0.25, -0.2) is 4.31 Å². The van der Waals surface area contributed by atoms with Crippen molar-refractivity contribution in [2.45, 2.75) is 4.90 Å². The van der Waals surface area contributed by atoms with E-state index in [1.54, 1.807) is 12.1 Å². The van der Waals surface area contributed by atoms with Crippen molar-refractivity contribution in [2.24, 2.45) is 0 Å². The molecule has 5 heteroatoms. The third-order valence-corrected chi connectivity index (χ3v) is 6.85. The highest BCUT2D eigenvalue weighted by molar-refractivity contribution is 7.97. The summed E-state index contributed by atoms with van der Waals surface area (Å²) in [6.45, 7) is 4.29. The van der Waals surface area contributed by atoms with Gasteiger partial charge in [-0.2, -0.15) is 0 Å². The summed E-state index contributed by atoms with van der Waals surface area (Å²) in [5.74, 6) is 0. The lowest BCUT2D eigenvalue weighted by atomic mass is 10.1. The number of hydrogen-bond donors (Lipinski definition) is 1. The van der Waals surface area contributed by atoms with E-state index < -0.39 is 0 Å². The number of nitrogens with zero attached hydrogens (tertiary/aromatic N) is 2. The Balaban J connectivity index is 0.000000275. The van der Waals surface area contributed by atoms with E-state index in [4.69, 9.17) is 0 Å². The molecule has 4 aromatic carbocycles. The van der Waals surface area contributed by atoms with Gasteiger partial charge in [-0.1, -0.05) is 72.8 Å². The van der Waals surface area contributed by atoms with Gasteiger partial charge in [0.2, 0.25) is 0 Å². The molecule has 1 N–H and O–H groups in total. The molecule has 0 spiro atoms. The standard InChI is InChI=1S/C21H23N3S.C7H6O/c1-22-20-11-12-21(19-10-6-5-9-18(19)20)25-24-15-13-23(14-16-24)17-7-3-2-4-8-17;8-6-7-4-2-1-3-5-7/h2-12,22H,13-16H2,1H3;1-6H. The maximum Gasteiger partial charge on any atom is 0.150 e. The molecule has 4 nitrogen and oxygen atoms in total. The fourth-order valence-electron chi connectivity index (χ4n) is 3.92. The third-order valence-electron chi connectivity index (χ3n) is 5.68. The lowest BCUT2D eigenvalue weighted by Crippen LogP contribution is -2.43. The van der Waals surface area contributed by atoms with Crippen LogP contribution in [-0.4, -0.2) is 43.8 Å². The number of para-hydroxylation sites is 1. The van der Waals surface area contributed by atoms with Crippen LogP contribution in [-0.2, 0) is 0 Å². The van der Waals surface area contributed by atoms with Gasteiger partial charge in [-0.15, -0.1) is 0 Å². The van der Waals surface area contributed by atoms with Crippen LogP contribution in [0.2, 0.25) is 0 Å². The summed E-state index contributed by atoms with van der Waals surface area (Å²) in [6.07, 6.45) is 0.833. The van der Waals surface area contributed by atoms with Crippen LogP contribution in [0.15, 0.2) is 102 Å². The van der Waals surface area contributed by atoms with Crippen molar-refractivity contribution >= 4 is 40.4 Å². The molecule has 0 unspecified atom stereocenters. The van der Waals surface area contributed by atoms with E-state index in [0.717, 1.165) is 38.0 Å². The van der Waals surface area contributed by atoms with Crippen LogP contribution < -0.4 is 10.2 Å². The monoisotopic (exact) mass is 455 g/mol. The molecule has 0 saturated carbocycles. The minimum absolute atomic E-state index is 0.729. The lowest BCUT2D eigenvalue weighted by Gasteiger charge is -2.35. The van der Waals surface area contributed by atoms with E-state index in [-0.39, 0.29) is 0 Å². The first-order valence-electron chi connectivity index (χ1n) is 11.2. The first kappa shape index (κ1) is 22.9. The van der Waals surface area contributed by atoms with E-state index >= 15 is 0 Å². The highest BCUT2D eigenvalue weighted by atomic mass is 32.2. The molecule has 168 valence electrons. The summed E-state index contributed by atoms with van der Waals surface area (Å²) < 4.78 is 2.49. The predicted octanol–water partition coefficient (Wildman–Crippen LogP) is 6.21. The number of anilines is 2. The van der Waals surface area contributed by atoms with Crippen LogP contribution in [0.1, 0.15) is 10.4 Å². The van der Waals surface area contributed by atoms with Gasteiger partial charge in [0.05, 0.1) is 0 Å². The summed E-state index contributed by atoms with van der Waals surface area (Å²) in [6, 6.07) is 32.9. The molecule has 1 fully saturated rings. The van der Waals surface area contributed by atoms with Gasteiger partial charge in [0.1, 0.15) is 6.29 Å². The second kappa shape index (κ2) is 11.5. The molecule has 0 amide bonds. The van der Waals surface area contributed by atoms with Crippen molar-refractivity contribution in [1.29, 1.82) is 0 Å². The summed E-state index contributed by atoms with van der Waals surface area (Å²) in [4.78, 5) is 13.8. The molecule has 0 aliphatic carbocycles. The van der Waals surface area contributed by atoms with Crippen molar-refractivity contribution < 1.29 is 4.79 Å². The largest absolute Gasteiger partial charge is 0.388 e. The number of aldehydes is 1. The minimum Gasteiger partial charge on any atom is -0.388 e. The maximum absolute atomic E-state index is 10.0. The average Bonchev–Trinajstić information content (AvgIpc) is 2.91. The molecule has 33 heavy (non-hydrogen) atoms. The quantitative estimate of drug-likeness (QED) is 0.286. The van der Waals surface area contributed by atoms with Gasteiger partial charge in [0.25, 0.3) is 0 Å². The van der Waals surface area contributed by atoms with Crippen molar-refractivity contribution in [3.05, 3.63) is 103 Å². The fraction of sp³-hybridized carbons (Fsp3) is 0.179. The highest BCUT2D eigenvalue weighted by Gasteiger charge is 2.19. The van der Waals surface area contributed by atoms with Crippen LogP contribution in [0.3, 0.4) is 0 Å². The van der Waals surface area contributed by atoms with Gasteiger partial charge < -0.3 is 10.2 Å². The molecule has 4 aromatic rings. The molecule has 0 radical (unpaired) electrons. The second-order valence-corrected chi connectivity index (χ2v) is 8.92. The Hall–Kier alpha value is -3.28. The summed E-state index contributed by atoms with van der Waals surface area (Å²) in [5.41, 5.74) is 3.25. The van der Waals surface area contributed by atoms with Gasteiger partial charge in [0.15, 0.2) is 0 Å². The van der Waals surface area contributed by atoms with E-state index in [1.165, 1.54) is 27.0 Å². The first-order valence-corrected chi connectivity index (χ1v) is 12.0. The minimum atomic E-state index is 0.729. The smallest absolute Gasteiger partial charge is 0.150 e. The molecular weight excluding hydrogens is 426 g/mol. The molecule has 0 atom stereocenters. The van der Waals surface area contributed by atoms with Crippen molar-refractivity contribution in [1.82, 2.24) is 4.31 Å². The topological polar surface area (TPSA) is 35.6 Å². The number of hydrogen-bond acceptors (Lipinski definition) is 5. The molecular formula is C28H29N3OS. The van der Waals surface area contributed by atoms with E-state index in [1.807, 2.05) is 37.2 Å². The highest BCUT2D eigenvalue weighted by Crippen LogP contribution is 2.34. The fourth-order valence-corrected chi connectivity index (χ4v) is 4.95. The Bertz CT molecular complexity index is 1160. The van der Waals surface area contributed by atoms with Gasteiger partial charge in [-0.3, -0.25) is 4.79 Å². The Kier molecular flexibility index (Phi) is 8.01. The van der Waals surface area contributed by atoms with E-state index in [9.17, 15) is 4.79 Å². The van der Waals surface area contributed by atoms with E-state index in [2.05, 4.69) is 81.3 Å². The van der Waals surface area contributed by atoms with Crippen molar-refractivity contribution in [2.75, 3.05) is 43.4 Å². The second-order valence-electron chi connectivity index (χ2n) is 7.78. The van der Waals surface area contributed by atoms with E-state index in [0.29, 0.717) is 0 Å². The molecule has 1 saturated heterocycles. The van der Waals surface area contributed by atoms with Crippen LogP contribution in [0.5, 0.6) is 0 Å². The molecule has 0 bridgehead atoms. The Labute approximate surface area is 200 Å². The average molecular weight is 456 g/mol. The molecule has 1 aliphatic heterocycles. The normalized spacial score (nSPS) is 13.8. The number of nitrogens with one attached hydrogen (secondary N) is 1. The number of carbonyl (C=O) groups excluding carboxylic acids is 1. The van der Waals surface area contributed by atoms with Gasteiger partial charge >= 0.3 is 0 Å². The van der Waals surface area contributed by atoms with Crippen LogP contribution >= 0.6 is 11.9 Å². The third kappa shape index (κ3) is 5.95. The summed E-state index contributed by atoms with van der Waals surface area (Å²) in [7, 11) is 1.98. The lowest BCUT2D eigenvalue weighted by molar-refractivity contribution is 0.112. The zero-order valence-electron chi connectivity index (χ0n) is 18.9. The summed E-state index contributed by atoms with van der Waals surface area (Å²) in [5, 5.41) is 5.91. The zero-order chi connectivity index (χ0) is 22.9. The number of rotatable bonds is 5. The molecule has 5 rings (SSSR count). The SMILES string of the molecule is CNc1ccc(SN2CCN(c3ccccc3)CC2)c2ccccc12.O=Cc1ccccc1. The Morgan fingerprint density at radius 3 is 1.94 bits per heavy atom.